The van der Waals surface area contributed by atoms with Gasteiger partial charge in [0.25, 0.3) is 5.69 Å². The van der Waals surface area contributed by atoms with Gasteiger partial charge >= 0.3 is 5.97 Å². The number of nitrogens with one attached hydrogen (secondary N) is 1. The number of rotatable bonds is 4. The number of carbonyl (C=O) groups is 2. The standard InChI is InChI=1S/C15H14N2O5/c18-14(16-10-2-1-3-11(7-10)17(21)22)12-8-4-5-9(6-8)13(12)15(19)20/h1-5,7-9,12-13H,6H2,(H,16,18)(H,19,20)/t8-,9-,12+,13+/m0/s1. The van der Waals surface area contributed by atoms with Crippen molar-refractivity contribution in [3.8, 4) is 0 Å². The summed E-state index contributed by atoms with van der Waals surface area (Å²) in [6.07, 6.45) is 4.42. The summed E-state index contributed by atoms with van der Waals surface area (Å²) in [4.78, 5) is 34.0. The zero-order valence-corrected chi connectivity index (χ0v) is 11.5. The molecule has 0 unspecified atom stereocenters. The Kier molecular flexibility index (Phi) is 3.40. The van der Waals surface area contributed by atoms with E-state index in [1.165, 1.54) is 18.2 Å². The number of fused-ring (bicyclic) bond motifs is 2. The first-order valence-corrected chi connectivity index (χ1v) is 6.94. The predicted octanol–water partition coefficient (Wildman–Crippen LogP) is 2.06. The van der Waals surface area contributed by atoms with Gasteiger partial charge in [0.2, 0.25) is 5.91 Å². The van der Waals surface area contributed by atoms with Gasteiger partial charge in [-0.1, -0.05) is 18.2 Å². The molecule has 0 heterocycles. The van der Waals surface area contributed by atoms with Crippen LogP contribution in [0.25, 0.3) is 0 Å². The van der Waals surface area contributed by atoms with Gasteiger partial charge in [-0.3, -0.25) is 19.7 Å². The lowest BCUT2D eigenvalue weighted by molar-refractivity contribution is -0.384. The molecule has 1 fully saturated rings. The number of carbonyl (C=O) groups excluding carboxylic acids is 1. The topological polar surface area (TPSA) is 110 Å². The van der Waals surface area contributed by atoms with Crippen LogP contribution in [0.4, 0.5) is 11.4 Å². The quantitative estimate of drug-likeness (QED) is 0.502. The Balaban J connectivity index is 1.80. The van der Waals surface area contributed by atoms with Crippen molar-refractivity contribution >= 4 is 23.3 Å². The summed E-state index contributed by atoms with van der Waals surface area (Å²) in [6.45, 7) is 0. The van der Waals surface area contributed by atoms with Crippen molar-refractivity contribution in [1.82, 2.24) is 0 Å². The van der Waals surface area contributed by atoms with Crippen LogP contribution in [0, 0.1) is 33.8 Å². The lowest BCUT2D eigenvalue weighted by Crippen LogP contribution is -2.36. The Morgan fingerprint density at radius 3 is 2.55 bits per heavy atom. The fraction of sp³-hybridized carbons (Fsp3) is 0.333. The number of anilines is 1. The number of nitrogens with zero attached hydrogens (tertiary/aromatic N) is 1. The number of carboxylic acid groups (broad SMARTS) is 1. The van der Waals surface area contributed by atoms with Crippen molar-refractivity contribution in [1.29, 1.82) is 0 Å². The lowest BCUT2D eigenvalue weighted by atomic mass is 9.82. The highest BCUT2D eigenvalue weighted by Gasteiger charge is 2.51. The first-order valence-electron chi connectivity index (χ1n) is 6.94. The van der Waals surface area contributed by atoms with E-state index in [0.717, 1.165) is 0 Å². The Bertz CT molecular complexity index is 684. The van der Waals surface area contributed by atoms with E-state index in [0.29, 0.717) is 12.1 Å². The van der Waals surface area contributed by atoms with Gasteiger partial charge < -0.3 is 10.4 Å². The molecular weight excluding hydrogens is 288 g/mol. The van der Waals surface area contributed by atoms with E-state index in [4.69, 9.17) is 0 Å². The molecule has 0 aromatic heterocycles. The molecule has 2 aliphatic rings. The third kappa shape index (κ3) is 2.34. The molecule has 2 aliphatic carbocycles. The van der Waals surface area contributed by atoms with E-state index in [2.05, 4.69) is 5.32 Å². The molecule has 1 aromatic carbocycles. The summed E-state index contributed by atoms with van der Waals surface area (Å²) in [7, 11) is 0. The molecule has 0 saturated heterocycles. The molecule has 114 valence electrons. The third-order valence-electron chi connectivity index (χ3n) is 4.37. The largest absolute Gasteiger partial charge is 0.481 e. The molecule has 2 bridgehead atoms. The fourth-order valence-electron chi connectivity index (χ4n) is 3.44. The first-order chi connectivity index (χ1) is 10.5. The fourth-order valence-corrected chi connectivity index (χ4v) is 3.44. The summed E-state index contributed by atoms with van der Waals surface area (Å²) in [5.74, 6) is -2.92. The van der Waals surface area contributed by atoms with Gasteiger partial charge in [0, 0.05) is 17.8 Å². The van der Waals surface area contributed by atoms with Crippen LogP contribution in [-0.4, -0.2) is 21.9 Å². The maximum Gasteiger partial charge on any atom is 0.307 e. The number of benzene rings is 1. The highest BCUT2D eigenvalue weighted by molar-refractivity contribution is 5.96. The van der Waals surface area contributed by atoms with Crippen molar-refractivity contribution in [3.05, 3.63) is 46.5 Å². The van der Waals surface area contributed by atoms with Gasteiger partial charge in [-0.05, 0) is 24.3 Å². The number of allylic oxidation sites excluding steroid dienone is 2. The molecule has 0 aliphatic heterocycles. The molecule has 7 heteroatoms. The van der Waals surface area contributed by atoms with Crippen LogP contribution in [0.1, 0.15) is 6.42 Å². The van der Waals surface area contributed by atoms with E-state index in [1.54, 1.807) is 6.07 Å². The first kappa shape index (κ1) is 14.2. The number of aliphatic carboxylic acids is 1. The van der Waals surface area contributed by atoms with E-state index in [9.17, 15) is 24.8 Å². The molecule has 3 rings (SSSR count). The van der Waals surface area contributed by atoms with Gasteiger partial charge in [0.1, 0.15) is 0 Å². The summed E-state index contributed by atoms with van der Waals surface area (Å²) < 4.78 is 0. The van der Waals surface area contributed by atoms with E-state index in [1.807, 2.05) is 12.2 Å². The lowest BCUT2D eigenvalue weighted by Gasteiger charge is -2.23. The Morgan fingerprint density at radius 1 is 1.23 bits per heavy atom. The monoisotopic (exact) mass is 302 g/mol. The van der Waals surface area contributed by atoms with Crippen molar-refractivity contribution in [2.24, 2.45) is 23.7 Å². The zero-order chi connectivity index (χ0) is 15.9. The summed E-state index contributed by atoms with van der Waals surface area (Å²) in [5.41, 5.74) is 0.176. The zero-order valence-electron chi connectivity index (χ0n) is 11.5. The minimum absolute atomic E-state index is 0.0789. The number of nitro groups is 1. The highest BCUT2D eigenvalue weighted by atomic mass is 16.6. The molecule has 1 aromatic rings. The van der Waals surface area contributed by atoms with Gasteiger partial charge in [0.05, 0.1) is 16.8 Å². The average Bonchev–Trinajstić information content (AvgIpc) is 3.07. The van der Waals surface area contributed by atoms with Gasteiger partial charge in [-0.25, -0.2) is 0 Å². The minimum Gasteiger partial charge on any atom is -0.481 e. The van der Waals surface area contributed by atoms with Crippen LogP contribution in [0.3, 0.4) is 0 Å². The number of carboxylic acids is 1. The minimum atomic E-state index is -0.976. The van der Waals surface area contributed by atoms with Crippen LogP contribution in [0.15, 0.2) is 36.4 Å². The van der Waals surface area contributed by atoms with Crippen LogP contribution >= 0.6 is 0 Å². The summed E-state index contributed by atoms with van der Waals surface area (Å²) in [6, 6.07) is 5.61. The van der Waals surface area contributed by atoms with E-state index in [-0.39, 0.29) is 17.5 Å². The maximum absolute atomic E-state index is 12.4. The summed E-state index contributed by atoms with van der Waals surface area (Å²) >= 11 is 0. The van der Waals surface area contributed by atoms with Crippen LogP contribution in [0.2, 0.25) is 0 Å². The number of amides is 1. The Hall–Kier alpha value is -2.70. The van der Waals surface area contributed by atoms with Crippen molar-refractivity contribution in [2.75, 3.05) is 5.32 Å². The molecule has 22 heavy (non-hydrogen) atoms. The van der Waals surface area contributed by atoms with Gasteiger partial charge in [-0.2, -0.15) is 0 Å². The molecule has 1 saturated carbocycles. The normalized spacial score (nSPS) is 28.5. The third-order valence-corrected chi connectivity index (χ3v) is 4.37. The van der Waals surface area contributed by atoms with E-state index >= 15 is 0 Å². The van der Waals surface area contributed by atoms with Crippen molar-refractivity contribution in [3.63, 3.8) is 0 Å². The molecule has 1 amide bonds. The number of non-ortho nitro benzene ring substituents is 1. The molecule has 2 N–H and O–H groups in total. The number of hydrogen-bond acceptors (Lipinski definition) is 4. The smallest absolute Gasteiger partial charge is 0.307 e. The van der Waals surface area contributed by atoms with Crippen molar-refractivity contribution in [2.45, 2.75) is 6.42 Å². The molecule has 4 atom stereocenters. The number of hydrogen-bond donors (Lipinski definition) is 2. The average molecular weight is 302 g/mol. The predicted molar refractivity (Wildman–Crippen MR) is 77.1 cm³/mol. The molecular formula is C15H14N2O5. The molecule has 0 spiro atoms. The van der Waals surface area contributed by atoms with Crippen molar-refractivity contribution < 1.29 is 19.6 Å². The van der Waals surface area contributed by atoms with Gasteiger partial charge in [0.15, 0.2) is 0 Å². The second-order valence-corrected chi connectivity index (χ2v) is 5.63. The van der Waals surface area contributed by atoms with Crippen LogP contribution in [0.5, 0.6) is 0 Å². The Morgan fingerprint density at radius 2 is 1.91 bits per heavy atom. The molecule has 0 radical (unpaired) electrons. The number of nitro benzene ring substituents is 1. The van der Waals surface area contributed by atoms with Crippen LogP contribution < -0.4 is 5.32 Å². The SMILES string of the molecule is O=C(O)[C@H]1[C@H](C(=O)Nc2cccc([N+](=O)[O-])c2)[C@H]2C=C[C@H]1C2. The summed E-state index contributed by atoms with van der Waals surface area (Å²) in [5, 5.41) is 22.7. The second-order valence-electron chi connectivity index (χ2n) is 5.63. The van der Waals surface area contributed by atoms with E-state index < -0.39 is 28.6 Å². The maximum atomic E-state index is 12.4. The van der Waals surface area contributed by atoms with Crippen LogP contribution in [-0.2, 0) is 9.59 Å². The Labute approximate surface area is 125 Å². The highest BCUT2D eigenvalue weighted by Crippen LogP contribution is 2.48. The molecule has 7 nitrogen and oxygen atoms in total. The van der Waals surface area contributed by atoms with Gasteiger partial charge in [-0.15, -0.1) is 0 Å². The second kappa shape index (κ2) is 5.25.